The van der Waals surface area contributed by atoms with Crippen LogP contribution < -0.4 is 10.1 Å². The largest absolute Gasteiger partial charge is 0.497 e. The average molecular weight is 396 g/mol. The minimum atomic E-state index is -0.521. The van der Waals surface area contributed by atoms with Crippen LogP contribution in [-0.2, 0) is 20.9 Å². The lowest BCUT2D eigenvalue weighted by Crippen LogP contribution is -2.22. The first-order valence-corrected chi connectivity index (χ1v) is 9.24. The van der Waals surface area contributed by atoms with E-state index in [1.807, 2.05) is 36.4 Å². The van der Waals surface area contributed by atoms with Crippen LogP contribution in [0.1, 0.15) is 0 Å². The Labute approximate surface area is 163 Å². The minimum absolute atomic E-state index is 0.0191. The smallest absolute Gasteiger partial charge is 0.326 e. The van der Waals surface area contributed by atoms with E-state index in [4.69, 9.17) is 9.47 Å². The number of hydrogen-bond acceptors (Lipinski definition) is 7. The van der Waals surface area contributed by atoms with Gasteiger partial charge in [-0.25, -0.2) is 9.97 Å². The Morgan fingerprint density at radius 2 is 2.04 bits per heavy atom. The van der Waals surface area contributed by atoms with Crippen LogP contribution >= 0.6 is 11.3 Å². The van der Waals surface area contributed by atoms with Gasteiger partial charge in [0.2, 0.25) is 0 Å². The summed E-state index contributed by atoms with van der Waals surface area (Å²) >= 11 is 1.32. The van der Waals surface area contributed by atoms with Gasteiger partial charge in [-0.15, -0.1) is 0 Å². The summed E-state index contributed by atoms with van der Waals surface area (Å²) in [5.74, 6) is -0.253. The molecule has 0 aliphatic heterocycles. The third-order valence-electron chi connectivity index (χ3n) is 4.03. The molecule has 1 amide bonds. The number of imidazole rings is 1. The number of aromatic nitrogens is 3. The second-order valence-corrected chi connectivity index (χ2v) is 6.95. The van der Waals surface area contributed by atoms with E-state index in [9.17, 15) is 9.59 Å². The molecule has 8 nitrogen and oxygen atoms in total. The fraction of sp³-hybridized carbons (Fsp3) is 0.158. The number of carbonyl (C=O) groups is 2. The quantitative estimate of drug-likeness (QED) is 0.504. The van der Waals surface area contributed by atoms with Crippen molar-refractivity contribution in [2.24, 2.45) is 0 Å². The molecule has 9 heteroatoms. The monoisotopic (exact) mass is 396 g/mol. The van der Waals surface area contributed by atoms with Crippen molar-refractivity contribution in [2.75, 3.05) is 19.0 Å². The van der Waals surface area contributed by atoms with Crippen molar-refractivity contribution in [3.63, 3.8) is 0 Å². The van der Waals surface area contributed by atoms with Gasteiger partial charge >= 0.3 is 5.97 Å². The van der Waals surface area contributed by atoms with Gasteiger partial charge in [0.15, 0.2) is 11.7 Å². The Balaban J connectivity index is 1.33. The molecule has 2 heterocycles. The Bertz CT molecular complexity index is 1170. The number of anilines is 1. The number of rotatable bonds is 6. The maximum atomic E-state index is 12.1. The zero-order valence-corrected chi connectivity index (χ0v) is 15.7. The highest BCUT2D eigenvalue weighted by atomic mass is 32.1. The number of nitrogens with one attached hydrogen (secondary N) is 1. The number of ether oxygens (including phenoxy) is 2. The van der Waals surface area contributed by atoms with Gasteiger partial charge < -0.3 is 14.0 Å². The van der Waals surface area contributed by atoms with Gasteiger partial charge in [-0.1, -0.05) is 23.5 Å². The van der Waals surface area contributed by atoms with Gasteiger partial charge in [-0.3, -0.25) is 14.9 Å². The average Bonchev–Trinajstić information content (AvgIpc) is 3.29. The van der Waals surface area contributed by atoms with Crippen LogP contribution in [0.5, 0.6) is 5.75 Å². The predicted molar refractivity (Wildman–Crippen MR) is 105 cm³/mol. The number of amides is 1. The molecule has 0 aliphatic carbocycles. The fourth-order valence-electron chi connectivity index (χ4n) is 2.71. The minimum Gasteiger partial charge on any atom is -0.497 e. The normalized spacial score (nSPS) is 10.9. The molecular formula is C19H16N4O4S. The molecule has 4 rings (SSSR count). The molecule has 28 heavy (non-hydrogen) atoms. The maximum absolute atomic E-state index is 12.1. The lowest BCUT2D eigenvalue weighted by atomic mass is 10.3. The van der Waals surface area contributed by atoms with Crippen LogP contribution in [0.4, 0.5) is 5.13 Å². The van der Waals surface area contributed by atoms with Gasteiger partial charge in [0.25, 0.3) is 5.91 Å². The second-order valence-electron chi connectivity index (χ2n) is 5.92. The van der Waals surface area contributed by atoms with Gasteiger partial charge in [0, 0.05) is 0 Å². The van der Waals surface area contributed by atoms with E-state index in [-0.39, 0.29) is 13.2 Å². The van der Waals surface area contributed by atoms with E-state index in [1.165, 1.54) is 11.3 Å². The molecule has 0 radical (unpaired) electrons. The molecule has 142 valence electrons. The number of thiazole rings is 1. The molecule has 0 spiro atoms. The van der Waals surface area contributed by atoms with Crippen molar-refractivity contribution >= 4 is 49.6 Å². The highest BCUT2D eigenvalue weighted by molar-refractivity contribution is 7.22. The van der Waals surface area contributed by atoms with Crippen LogP contribution in [0.15, 0.2) is 48.8 Å². The molecule has 0 saturated heterocycles. The topological polar surface area (TPSA) is 95.3 Å². The molecule has 1 N–H and O–H groups in total. The molecule has 0 fully saturated rings. The molecular weight excluding hydrogens is 380 g/mol. The molecule has 0 unspecified atom stereocenters. The third-order valence-corrected chi connectivity index (χ3v) is 4.97. The first-order valence-electron chi connectivity index (χ1n) is 8.42. The molecule has 2 aromatic heterocycles. The number of nitrogens with zero attached hydrogens (tertiary/aromatic N) is 3. The lowest BCUT2D eigenvalue weighted by Gasteiger charge is -2.06. The number of benzene rings is 2. The predicted octanol–water partition coefficient (Wildman–Crippen LogP) is 2.84. The van der Waals surface area contributed by atoms with Crippen LogP contribution in [0.3, 0.4) is 0 Å². The van der Waals surface area contributed by atoms with Crippen molar-refractivity contribution in [1.82, 2.24) is 14.5 Å². The van der Waals surface area contributed by atoms with E-state index in [2.05, 4.69) is 15.3 Å². The molecule has 0 bridgehead atoms. The number of hydrogen-bond donors (Lipinski definition) is 1. The third kappa shape index (κ3) is 3.79. The summed E-state index contributed by atoms with van der Waals surface area (Å²) in [4.78, 5) is 32.7. The molecule has 2 aromatic carbocycles. The molecule has 0 saturated carbocycles. The zero-order chi connectivity index (χ0) is 19.5. The van der Waals surface area contributed by atoms with E-state index in [0.717, 1.165) is 27.0 Å². The first-order chi connectivity index (χ1) is 13.6. The summed E-state index contributed by atoms with van der Waals surface area (Å²) < 4.78 is 12.8. The Hall–Kier alpha value is -3.46. The van der Waals surface area contributed by atoms with Crippen LogP contribution in [0.2, 0.25) is 0 Å². The lowest BCUT2D eigenvalue weighted by molar-refractivity contribution is -0.147. The Morgan fingerprint density at radius 1 is 1.18 bits per heavy atom. The summed E-state index contributed by atoms with van der Waals surface area (Å²) in [6, 6.07) is 12.9. The molecule has 4 aromatic rings. The highest BCUT2D eigenvalue weighted by Gasteiger charge is 2.13. The van der Waals surface area contributed by atoms with E-state index in [0.29, 0.717) is 5.13 Å². The van der Waals surface area contributed by atoms with Crippen LogP contribution in [-0.4, -0.2) is 40.1 Å². The standard InChI is InChI=1S/C19H16N4O4S/c1-26-12-6-7-14-16(8-12)28-19(21-14)22-17(24)10-27-18(25)9-23-11-20-13-4-2-3-5-15(13)23/h2-8,11H,9-10H2,1H3,(H,21,22,24). The summed E-state index contributed by atoms with van der Waals surface area (Å²) in [6.45, 7) is -0.403. The number of esters is 1. The van der Waals surface area contributed by atoms with E-state index >= 15 is 0 Å². The van der Waals surface area contributed by atoms with Gasteiger partial charge in [0.05, 0.1) is 34.7 Å². The number of para-hydroxylation sites is 2. The summed E-state index contributed by atoms with van der Waals surface area (Å²) in [5, 5.41) is 3.08. The van der Waals surface area contributed by atoms with Crippen molar-refractivity contribution in [2.45, 2.75) is 6.54 Å². The molecule has 0 atom stereocenters. The summed E-state index contributed by atoms with van der Waals surface area (Å²) in [5.41, 5.74) is 2.37. The SMILES string of the molecule is COc1ccc2nc(NC(=O)COC(=O)Cn3cnc4ccccc43)sc2c1. The highest BCUT2D eigenvalue weighted by Crippen LogP contribution is 2.29. The van der Waals surface area contributed by atoms with E-state index in [1.54, 1.807) is 24.1 Å². The summed E-state index contributed by atoms with van der Waals surface area (Å²) in [6.07, 6.45) is 1.57. The van der Waals surface area contributed by atoms with Crippen molar-refractivity contribution < 1.29 is 19.1 Å². The van der Waals surface area contributed by atoms with Gasteiger partial charge in [0.1, 0.15) is 12.3 Å². The van der Waals surface area contributed by atoms with Gasteiger partial charge in [-0.05, 0) is 30.3 Å². The van der Waals surface area contributed by atoms with Crippen LogP contribution in [0, 0.1) is 0 Å². The van der Waals surface area contributed by atoms with Crippen LogP contribution in [0.25, 0.3) is 21.3 Å². The van der Waals surface area contributed by atoms with Crippen molar-refractivity contribution in [3.8, 4) is 5.75 Å². The van der Waals surface area contributed by atoms with Crippen molar-refractivity contribution in [1.29, 1.82) is 0 Å². The summed E-state index contributed by atoms with van der Waals surface area (Å²) in [7, 11) is 1.59. The maximum Gasteiger partial charge on any atom is 0.326 e. The fourth-order valence-corrected chi connectivity index (χ4v) is 3.62. The first kappa shape index (κ1) is 17.9. The van der Waals surface area contributed by atoms with Gasteiger partial charge in [-0.2, -0.15) is 0 Å². The Kier molecular flexibility index (Phi) is 4.90. The molecule has 0 aliphatic rings. The van der Waals surface area contributed by atoms with Crippen molar-refractivity contribution in [3.05, 3.63) is 48.8 Å². The number of fused-ring (bicyclic) bond motifs is 2. The zero-order valence-electron chi connectivity index (χ0n) is 14.9. The number of methoxy groups -OCH3 is 1. The number of carbonyl (C=O) groups excluding carboxylic acids is 2. The van der Waals surface area contributed by atoms with E-state index < -0.39 is 11.9 Å². The Morgan fingerprint density at radius 3 is 2.89 bits per heavy atom. The second kappa shape index (κ2) is 7.65.